The summed E-state index contributed by atoms with van der Waals surface area (Å²) >= 11 is 0. The van der Waals surface area contributed by atoms with Crippen LogP contribution in [0.5, 0.6) is 0 Å². The second kappa shape index (κ2) is 2.67. The fourth-order valence-electron chi connectivity index (χ4n) is 0.742. The highest BCUT2D eigenvalue weighted by molar-refractivity contribution is 5.85. The lowest BCUT2D eigenvalue weighted by molar-refractivity contribution is -0.144. The maximum absolute atomic E-state index is 10.8. The number of carbonyl (C=O) groups excluding carboxylic acids is 2. The lowest BCUT2D eigenvalue weighted by Gasteiger charge is -1.95. The molecule has 0 aromatic carbocycles. The van der Waals surface area contributed by atoms with E-state index in [4.69, 9.17) is 0 Å². The van der Waals surface area contributed by atoms with E-state index in [1.165, 1.54) is 0 Å². The Hall–Kier alpha value is -1.08. The van der Waals surface area contributed by atoms with Crippen molar-refractivity contribution < 1.29 is 14.3 Å². The minimum Gasteiger partial charge on any atom is -0.466 e. The minimum atomic E-state index is -0.291. The van der Waals surface area contributed by atoms with Gasteiger partial charge in [0.05, 0.1) is 12.5 Å². The summed E-state index contributed by atoms with van der Waals surface area (Å²) in [5, 5.41) is 0. The van der Waals surface area contributed by atoms with Gasteiger partial charge in [-0.25, -0.2) is 4.79 Å². The largest absolute Gasteiger partial charge is 0.466 e. The lowest BCUT2D eigenvalue weighted by atomic mass is 10.4. The highest BCUT2D eigenvalue weighted by Gasteiger charge is 2.39. The summed E-state index contributed by atoms with van der Waals surface area (Å²) in [5.74, 6) is 1.14. The zero-order valence-electron chi connectivity index (χ0n) is 5.72. The molecule has 3 heteroatoms. The number of esters is 1. The molecule has 54 valence electrons. The maximum Gasteiger partial charge on any atom is 0.314 e. The molecule has 1 aliphatic carbocycles. The van der Waals surface area contributed by atoms with Crippen molar-refractivity contribution in [3.8, 4) is 0 Å². The van der Waals surface area contributed by atoms with Gasteiger partial charge in [-0.3, -0.25) is 4.79 Å². The van der Waals surface area contributed by atoms with Crippen LogP contribution in [0.25, 0.3) is 0 Å². The first-order chi connectivity index (χ1) is 4.79. The van der Waals surface area contributed by atoms with Gasteiger partial charge in [-0.2, -0.15) is 0 Å². The van der Waals surface area contributed by atoms with Gasteiger partial charge in [0.25, 0.3) is 0 Å². The third-order valence-electron chi connectivity index (χ3n) is 1.39. The molecule has 1 saturated carbocycles. The van der Waals surface area contributed by atoms with Crippen LogP contribution in [0.3, 0.4) is 0 Å². The van der Waals surface area contributed by atoms with Crippen LogP contribution < -0.4 is 0 Å². The summed E-state index contributed by atoms with van der Waals surface area (Å²) in [5.41, 5.74) is 0.540. The van der Waals surface area contributed by atoms with Gasteiger partial charge in [-0.15, -0.1) is 0 Å². The van der Waals surface area contributed by atoms with Crippen molar-refractivity contribution in [3.05, 3.63) is 5.57 Å². The smallest absolute Gasteiger partial charge is 0.314 e. The fraction of sp³-hybridized carbons (Fsp3) is 0.571. The summed E-state index contributed by atoms with van der Waals surface area (Å²) < 4.78 is 4.66. The SMILES string of the molecule is CCOC(=O)C1CC1=C=O. The third-order valence-corrected chi connectivity index (χ3v) is 1.39. The van der Waals surface area contributed by atoms with Crippen molar-refractivity contribution in [2.75, 3.05) is 6.61 Å². The fourth-order valence-corrected chi connectivity index (χ4v) is 0.742. The molecule has 10 heavy (non-hydrogen) atoms. The molecule has 0 spiro atoms. The Morgan fingerprint density at radius 2 is 2.60 bits per heavy atom. The van der Waals surface area contributed by atoms with Gasteiger partial charge >= 0.3 is 5.97 Å². The van der Waals surface area contributed by atoms with E-state index in [9.17, 15) is 9.59 Å². The molecule has 3 nitrogen and oxygen atoms in total. The third kappa shape index (κ3) is 1.25. The van der Waals surface area contributed by atoms with E-state index >= 15 is 0 Å². The number of hydrogen-bond acceptors (Lipinski definition) is 3. The van der Waals surface area contributed by atoms with Gasteiger partial charge in [0, 0.05) is 5.57 Å². The molecule has 0 N–H and O–H groups in total. The van der Waals surface area contributed by atoms with Crippen molar-refractivity contribution in [1.82, 2.24) is 0 Å². The Morgan fingerprint density at radius 1 is 1.90 bits per heavy atom. The Balaban J connectivity index is 2.40. The summed E-state index contributed by atoms with van der Waals surface area (Å²) in [6.07, 6.45) is 0.544. The average molecular weight is 140 g/mol. The zero-order valence-corrected chi connectivity index (χ0v) is 5.72. The van der Waals surface area contributed by atoms with E-state index in [-0.39, 0.29) is 11.9 Å². The predicted octanol–water partition coefficient (Wildman–Crippen LogP) is 0.327. The van der Waals surface area contributed by atoms with Gasteiger partial charge in [0.15, 0.2) is 0 Å². The summed E-state index contributed by atoms with van der Waals surface area (Å²) in [4.78, 5) is 20.7. The van der Waals surface area contributed by atoms with E-state index in [0.717, 1.165) is 0 Å². The van der Waals surface area contributed by atoms with Crippen molar-refractivity contribution in [1.29, 1.82) is 0 Å². The predicted molar refractivity (Wildman–Crippen MR) is 33.9 cm³/mol. The molecule has 0 saturated heterocycles. The van der Waals surface area contributed by atoms with Gasteiger partial charge in [0.1, 0.15) is 5.94 Å². The van der Waals surface area contributed by atoms with Gasteiger partial charge in [-0.05, 0) is 13.3 Å². The minimum absolute atomic E-state index is 0.266. The Labute approximate surface area is 58.7 Å². The second-order valence-corrected chi connectivity index (χ2v) is 2.14. The van der Waals surface area contributed by atoms with Crippen LogP contribution in [0.4, 0.5) is 0 Å². The van der Waals surface area contributed by atoms with E-state index in [0.29, 0.717) is 18.6 Å². The highest BCUT2D eigenvalue weighted by atomic mass is 16.5. The van der Waals surface area contributed by atoms with Crippen LogP contribution in [0.2, 0.25) is 0 Å². The zero-order chi connectivity index (χ0) is 7.56. The van der Waals surface area contributed by atoms with Crippen LogP contribution in [0.1, 0.15) is 13.3 Å². The summed E-state index contributed by atoms with van der Waals surface area (Å²) in [7, 11) is 0. The standard InChI is InChI=1S/C7H8O3/c1-2-10-7(9)6-3-5(6)4-8/h6H,2-3H2,1H3. The molecule has 0 aromatic rings. The number of ether oxygens (including phenoxy) is 1. The lowest BCUT2D eigenvalue weighted by Crippen LogP contribution is -2.05. The quantitative estimate of drug-likeness (QED) is 0.410. The average Bonchev–Trinajstić information content (AvgIpc) is 2.66. The number of rotatable bonds is 2. The molecule has 0 amide bonds. The van der Waals surface area contributed by atoms with E-state index in [1.54, 1.807) is 12.9 Å². The van der Waals surface area contributed by atoms with Crippen molar-refractivity contribution >= 4 is 11.9 Å². The molecule has 0 aromatic heterocycles. The highest BCUT2D eigenvalue weighted by Crippen LogP contribution is 2.35. The number of hydrogen-bond donors (Lipinski definition) is 0. The Kier molecular flexibility index (Phi) is 1.88. The molecular weight excluding hydrogens is 132 g/mol. The van der Waals surface area contributed by atoms with E-state index in [2.05, 4.69) is 4.74 Å². The van der Waals surface area contributed by atoms with Gasteiger partial charge in [0.2, 0.25) is 0 Å². The number of carbonyl (C=O) groups is 1. The van der Waals surface area contributed by atoms with Gasteiger partial charge in [-0.1, -0.05) is 0 Å². The first-order valence-corrected chi connectivity index (χ1v) is 3.20. The molecule has 0 heterocycles. The van der Waals surface area contributed by atoms with Crippen molar-refractivity contribution in [3.63, 3.8) is 0 Å². The molecule has 0 radical (unpaired) electrons. The maximum atomic E-state index is 10.8. The van der Waals surface area contributed by atoms with Crippen LogP contribution >= 0.6 is 0 Å². The molecular formula is C7H8O3. The first kappa shape index (κ1) is 7.03. The first-order valence-electron chi connectivity index (χ1n) is 3.20. The van der Waals surface area contributed by atoms with Gasteiger partial charge < -0.3 is 4.74 Å². The second-order valence-electron chi connectivity index (χ2n) is 2.14. The van der Waals surface area contributed by atoms with Crippen LogP contribution in [0, 0.1) is 5.92 Å². The summed E-state index contributed by atoms with van der Waals surface area (Å²) in [6, 6.07) is 0. The molecule has 1 atom stereocenters. The normalized spacial score (nSPS) is 21.7. The monoisotopic (exact) mass is 140 g/mol. The summed E-state index contributed by atoms with van der Waals surface area (Å²) in [6.45, 7) is 2.12. The molecule has 1 fully saturated rings. The van der Waals surface area contributed by atoms with Crippen LogP contribution in [-0.2, 0) is 14.3 Å². The Morgan fingerprint density at radius 3 is 3.00 bits per heavy atom. The molecule has 0 aliphatic heterocycles. The Bertz CT molecular complexity index is 201. The molecule has 1 rings (SSSR count). The van der Waals surface area contributed by atoms with Crippen LogP contribution in [0.15, 0.2) is 5.57 Å². The molecule has 0 bridgehead atoms. The molecule has 1 aliphatic rings. The van der Waals surface area contributed by atoms with E-state index < -0.39 is 0 Å². The topological polar surface area (TPSA) is 43.4 Å². The van der Waals surface area contributed by atoms with Crippen LogP contribution in [-0.4, -0.2) is 18.5 Å². The van der Waals surface area contributed by atoms with Crippen molar-refractivity contribution in [2.45, 2.75) is 13.3 Å². The van der Waals surface area contributed by atoms with Crippen molar-refractivity contribution in [2.24, 2.45) is 5.92 Å². The molecule has 1 unspecified atom stereocenters. The van der Waals surface area contributed by atoms with E-state index in [1.807, 2.05) is 0 Å².